The monoisotopic (exact) mass is 598 g/mol. The van der Waals surface area contributed by atoms with E-state index < -0.39 is 27.7 Å². The number of carbonyl (C=O) groups excluding carboxylic acids is 3. The van der Waals surface area contributed by atoms with Gasteiger partial charge in [0.2, 0.25) is 12.5 Å². The maximum absolute atomic E-state index is 13.1. The predicted octanol–water partition coefficient (Wildman–Crippen LogP) is 5.80. The van der Waals surface area contributed by atoms with Crippen molar-refractivity contribution in [2.75, 3.05) is 21.0 Å². The van der Waals surface area contributed by atoms with Gasteiger partial charge in [-0.2, -0.15) is 0 Å². The number of rotatable bonds is 8. The number of nitrogens with zero attached hydrogens (tertiary/aromatic N) is 2. The van der Waals surface area contributed by atoms with E-state index in [9.17, 15) is 24.5 Å². The Morgan fingerprint density at radius 3 is 2.51 bits per heavy atom. The quantitative estimate of drug-likeness (QED) is 0.134. The fourth-order valence-corrected chi connectivity index (χ4v) is 5.06. The third-order valence-corrected chi connectivity index (χ3v) is 7.28. The molecule has 0 radical (unpaired) electrons. The third kappa shape index (κ3) is 5.62. The van der Waals surface area contributed by atoms with Crippen molar-refractivity contribution in [3.63, 3.8) is 0 Å². The highest BCUT2D eigenvalue weighted by Crippen LogP contribution is 2.41. The van der Waals surface area contributed by atoms with Gasteiger partial charge in [-0.15, -0.1) is 0 Å². The minimum absolute atomic E-state index is 0.0106. The van der Waals surface area contributed by atoms with Gasteiger partial charge in [0.15, 0.2) is 23.0 Å². The van der Waals surface area contributed by atoms with Crippen molar-refractivity contribution in [2.24, 2.45) is 0 Å². The zero-order valence-corrected chi connectivity index (χ0v) is 22.9. The summed E-state index contributed by atoms with van der Waals surface area (Å²) < 4.78 is 26.4. The molecular weight excluding hydrogens is 580 g/mol. The molecule has 1 saturated heterocycles. The molecule has 1 fully saturated rings. The summed E-state index contributed by atoms with van der Waals surface area (Å²) >= 11 is 7.09. The molecule has 0 aliphatic carbocycles. The van der Waals surface area contributed by atoms with E-state index in [0.29, 0.717) is 27.6 Å². The molecule has 3 aromatic rings. The average Bonchev–Trinajstić information content (AvgIpc) is 3.52. The smallest absolute Gasteiger partial charge is 0.338 e. The fraction of sp³-hybridized carbons (Fsp3) is 0.148. The molecule has 41 heavy (non-hydrogen) atoms. The van der Waals surface area contributed by atoms with Gasteiger partial charge in [-0.3, -0.25) is 24.6 Å². The van der Waals surface area contributed by atoms with Crippen LogP contribution in [0.2, 0.25) is 5.02 Å². The number of fused-ring (bicyclic) bond motifs is 1. The van der Waals surface area contributed by atoms with Crippen LogP contribution in [0, 0.1) is 10.1 Å². The first-order valence-electron chi connectivity index (χ1n) is 11.7. The summed E-state index contributed by atoms with van der Waals surface area (Å²) in [7, 11) is 2.55. The molecule has 2 heterocycles. The Balaban J connectivity index is 1.36. The second kappa shape index (κ2) is 11.4. The minimum Gasteiger partial charge on any atom is -0.493 e. The van der Waals surface area contributed by atoms with Gasteiger partial charge in [-0.05, 0) is 59.3 Å². The summed E-state index contributed by atoms with van der Waals surface area (Å²) in [4.78, 5) is 49.7. The van der Waals surface area contributed by atoms with Gasteiger partial charge >= 0.3 is 11.7 Å². The first-order chi connectivity index (χ1) is 19.7. The Morgan fingerprint density at radius 2 is 1.80 bits per heavy atom. The number of hydrogen-bond acceptors (Lipinski definition) is 11. The molecule has 5 rings (SSSR count). The van der Waals surface area contributed by atoms with E-state index in [2.05, 4.69) is 4.74 Å². The molecule has 0 aromatic heterocycles. The van der Waals surface area contributed by atoms with E-state index in [1.807, 2.05) is 0 Å². The number of carbonyl (C=O) groups is 3. The van der Waals surface area contributed by atoms with Gasteiger partial charge in [0.1, 0.15) is 0 Å². The number of methoxy groups -OCH3 is 2. The SMILES string of the molecule is COC(=O)c1ccc(Oc2ccc(/C=C3\SC(=O)N(Cc4cc5c(cc4Cl)OCO5)C3=O)cc2OC)c([N+](=O)[O-])c1. The molecule has 14 heteroatoms. The zero-order chi connectivity index (χ0) is 29.3. The van der Waals surface area contributed by atoms with Crippen LogP contribution in [0.15, 0.2) is 53.4 Å². The highest BCUT2D eigenvalue weighted by molar-refractivity contribution is 8.18. The summed E-state index contributed by atoms with van der Waals surface area (Å²) in [6.07, 6.45) is 1.52. The number of imide groups is 1. The molecule has 12 nitrogen and oxygen atoms in total. The first-order valence-corrected chi connectivity index (χ1v) is 12.9. The Morgan fingerprint density at radius 1 is 1.07 bits per heavy atom. The second-order valence-electron chi connectivity index (χ2n) is 8.51. The normalized spacial score (nSPS) is 14.9. The summed E-state index contributed by atoms with van der Waals surface area (Å²) in [6.45, 7) is 0.00636. The number of hydrogen-bond donors (Lipinski definition) is 0. The molecule has 2 amide bonds. The molecule has 0 atom stereocenters. The fourth-order valence-electron chi connectivity index (χ4n) is 4.01. The van der Waals surface area contributed by atoms with E-state index in [-0.39, 0.29) is 41.1 Å². The van der Waals surface area contributed by atoms with Crippen molar-refractivity contribution in [2.45, 2.75) is 6.54 Å². The Labute approximate surface area is 241 Å². The van der Waals surface area contributed by atoms with Crippen molar-refractivity contribution >= 4 is 52.2 Å². The van der Waals surface area contributed by atoms with Gasteiger partial charge in [0.05, 0.1) is 36.2 Å². The zero-order valence-electron chi connectivity index (χ0n) is 21.4. The molecular formula is C27H19ClN2O10S. The summed E-state index contributed by atoms with van der Waals surface area (Å²) in [6, 6.07) is 11.5. The molecule has 210 valence electrons. The van der Waals surface area contributed by atoms with Gasteiger partial charge in [0.25, 0.3) is 11.1 Å². The summed E-state index contributed by atoms with van der Waals surface area (Å²) in [5.41, 5.74) is 0.576. The van der Waals surface area contributed by atoms with E-state index in [0.717, 1.165) is 22.7 Å². The summed E-state index contributed by atoms with van der Waals surface area (Å²) in [5, 5.41) is 11.5. The largest absolute Gasteiger partial charge is 0.493 e. The number of nitro groups is 1. The van der Waals surface area contributed by atoms with E-state index >= 15 is 0 Å². The third-order valence-electron chi connectivity index (χ3n) is 6.03. The van der Waals surface area contributed by atoms with Crippen molar-refractivity contribution in [3.8, 4) is 28.7 Å². The molecule has 2 aliphatic rings. The van der Waals surface area contributed by atoms with Crippen LogP contribution in [0.4, 0.5) is 10.5 Å². The number of thioether (sulfide) groups is 1. The second-order valence-corrected chi connectivity index (χ2v) is 9.91. The number of benzene rings is 3. The van der Waals surface area contributed by atoms with E-state index in [1.165, 1.54) is 38.5 Å². The highest BCUT2D eigenvalue weighted by atomic mass is 35.5. The van der Waals surface area contributed by atoms with Gasteiger partial charge in [-0.25, -0.2) is 4.79 Å². The minimum atomic E-state index is -0.731. The van der Waals surface area contributed by atoms with Crippen molar-refractivity contribution < 1.29 is 43.0 Å². The van der Waals surface area contributed by atoms with Gasteiger partial charge in [-0.1, -0.05) is 17.7 Å². The van der Waals surface area contributed by atoms with Crippen LogP contribution in [0.5, 0.6) is 28.7 Å². The molecule has 0 N–H and O–H groups in total. The molecule has 2 aliphatic heterocycles. The lowest BCUT2D eigenvalue weighted by molar-refractivity contribution is -0.385. The highest BCUT2D eigenvalue weighted by Gasteiger charge is 2.36. The van der Waals surface area contributed by atoms with Gasteiger partial charge in [0, 0.05) is 17.2 Å². The number of amides is 2. The average molecular weight is 599 g/mol. The van der Waals surface area contributed by atoms with Gasteiger partial charge < -0.3 is 23.7 Å². The Kier molecular flexibility index (Phi) is 7.72. The van der Waals surface area contributed by atoms with Crippen LogP contribution in [-0.2, 0) is 16.1 Å². The summed E-state index contributed by atoms with van der Waals surface area (Å²) in [5.74, 6) is -0.0510. The van der Waals surface area contributed by atoms with Crippen molar-refractivity contribution in [1.82, 2.24) is 4.90 Å². The van der Waals surface area contributed by atoms with Crippen molar-refractivity contribution in [1.29, 1.82) is 0 Å². The number of ether oxygens (including phenoxy) is 5. The predicted molar refractivity (Wildman–Crippen MR) is 147 cm³/mol. The molecule has 0 unspecified atom stereocenters. The maximum atomic E-state index is 13.1. The van der Waals surface area contributed by atoms with Crippen LogP contribution in [0.1, 0.15) is 21.5 Å². The van der Waals surface area contributed by atoms with Crippen LogP contribution in [0.25, 0.3) is 6.08 Å². The van der Waals surface area contributed by atoms with Crippen molar-refractivity contribution in [3.05, 3.63) is 85.3 Å². The lowest BCUT2D eigenvalue weighted by Crippen LogP contribution is -2.27. The first kappa shape index (κ1) is 27.8. The topological polar surface area (TPSA) is 144 Å². The lowest BCUT2D eigenvalue weighted by atomic mass is 10.1. The Bertz CT molecular complexity index is 1640. The molecule has 0 saturated carbocycles. The van der Waals surface area contributed by atoms with Crippen LogP contribution in [-0.4, -0.2) is 48.0 Å². The van der Waals surface area contributed by atoms with Crippen LogP contribution < -0.4 is 18.9 Å². The van der Waals surface area contributed by atoms with E-state index in [4.69, 9.17) is 30.5 Å². The van der Waals surface area contributed by atoms with Crippen LogP contribution in [0.3, 0.4) is 0 Å². The molecule has 0 bridgehead atoms. The Hall–Kier alpha value is -4.75. The lowest BCUT2D eigenvalue weighted by Gasteiger charge is -2.14. The van der Waals surface area contributed by atoms with E-state index in [1.54, 1.807) is 24.3 Å². The van der Waals surface area contributed by atoms with Crippen LogP contribution >= 0.6 is 23.4 Å². The number of esters is 1. The maximum Gasteiger partial charge on any atom is 0.338 e. The molecule has 3 aromatic carbocycles. The standard InChI is InChI=1S/C27H19ClN2O10S/c1-36-21-7-14(3-5-20(21)40-19-6-4-15(26(32)37-2)9-18(19)30(34)35)8-24-25(31)29(27(33)41-24)12-16-10-22-23(11-17(16)28)39-13-38-22/h3-11H,12-13H2,1-2H3/b24-8-. The number of nitro benzene ring substituents is 1. The molecule has 0 spiro atoms. The number of halogens is 1.